The van der Waals surface area contributed by atoms with Gasteiger partial charge in [0.05, 0.1) is 12.6 Å². The van der Waals surface area contributed by atoms with Crippen molar-refractivity contribution in [3.63, 3.8) is 0 Å². The lowest BCUT2D eigenvalue weighted by molar-refractivity contribution is 0.0887. The van der Waals surface area contributed by atoms with E-state index in [1.165, 1.54) is 0 Å². The van der Waals surface area contributed by atoms with E-state index in [1.807, 2.05) is 30.3 Å². The maximum absolute atomic E-state index is 12.2. The number of hydrogen-bond acceptors (Lipinski definition) is 2. The number of hydrogen-bond donors (Lipinski definition) is 2. The Balaban J connectivity index is 2.09. The molecule has 0 fully saturated rings. The summed E-state index contributed by atoms with van der Waals surface area (Å²) in [6, 6.07) is 9.80. The van der Waals surface area contributed by atoms with Crippen molar-refractivity contribution in [2.75, 3.05) is 13.7 Å². The number of methoxy groups -OCH3 is 1. The molecule has 2 aromatic rings. The summed E-state index contributed by atoms with van der Waals surface area (Å²) in [5, 5.41) is 4.05. The lowest BCUT2D eigenvalue weighted by Gasteiger charge is -2.16. The Labute approximate surface area is 113 Å². The first-order valence-corrected chi connectivity index (χ1v) is 6.62. The van der Waals surface area contributed by atoms with Crippen LogP contribution in [-0.4, -0.2) is 30.6 Å². The van der Waals surface area contributed by atoms with Crippen molar-refractivity contribution in [1.29, 1.82) is 0 Å². The third-order valence-electron chi connectivity index (χ3n) is 3.11. The number of para-hydroxylation sites is 1. The molecule has 0 spiro atoms. The topological polar surface area (TPSA) is 54.1 Å². The van der Waals surface area contributed by atoms with Crippen LogP contribution < -0.4 is 5.32 Å². The van der Waals surface area contributed by atoms with Gasteiger partial charge in [-0.25, -0.2) is 0 Å². The summed E-state index contributed by atoms with van der Waals surface area (Å²) < 4.78 is 5.13. The van der Waals surface area contributed by atoms with E-state index in [1.54, 1.807) is 7.11 Å². The molecule has 1 atom stereocenters. The lowest BCUT2D eigenvalue weighted by Crippen LogP contribution is -2.38. The second-order valence-electron chi connectivity index (χ2n) is 4.68. The van der Waals surface area contributed by atoms with Crippen LogP contribution in [0.4, 0.5) is 0 Å². The molecule has 2 rings (SSSR count). The number of fused-ring (bicyclic) bond motifs is 1. The van der Waals surface area contributed by atoms with Gasteiger partial charge in [-0.15, -0.1) is 0 Å². The first-order valence-electron chi connectivity index (χ1n) is 6.62. The summed E-state index contributed by atoms with van der Waals surface area (Å²) in [6.45, 7) is 2.64. The van der Waals surface area contributed by atoms with Gasteiger partial charge in [0.15, 0.2) is 0 Å². The van der Waals surface area contributed by atoms with Crippen LogP contribution in [-0.2, 0) is 4.74 Å². The van der Waals surface area contributed by atoms with Gasteiger partial charge in [-0.2, -0.15) is 0 Å². The molecule has 4 nitrogen and oxygen atoms in total. The molecular weight excluding hydrogens is 240 g/mol. The molecule has 1 aromatic heterocycles. The third-order valence-corrected chi connectivity index (χ3v) is 3.11. The van der Waals surface area contributed by atoms with E-state index in [-0.39, 0.29) is 11.9 Å². The molecule has 1 amide bonds. The fraction of sp³-hybridized carbons (Fsp3) is 0.400. The van der Waals surface area contributed by atoms with Crippen LogP contribution in [0.15, 0.2) is 30.3 Å². The number of amides is 1. The molecule has 4 heteroatoms. The van der Waals surface area contributed by atoms with E-state index >= 15 is 0 Å². The van der Waals surface area contributed by atoms with E-state index < -0.39 is 0 Å². The van der Waals surface area contributed by atoms with Gasteiger partial charge in [-0.1, -0.05) is 31.5 Å². The first-order chi connectivity index (χ1) is 9.24. The zero-order chi connectivity index (χ0) is 13.7. The van der Waals surface area contributed by atoms with Crippen LogP contribution in [0.2, 0.25) is 0 Å². The molecular formula is C15H20N2O2. The molecule has 0 aliphatic heterocycles. The van der Waals surface area contributed by atoms with Gasteiger partial charge in [0.1, 0.15) is 5.69 Å². The Bertz CT molecular complexity index is 509. The molecule has 0 radical (unpaired) electrons. The van der Waals surface area contributed by atoms with E-state index in [2.05, 4.69) is 17.2 Å². The normalized spacial score (nSPS) is 12.5. The minimum Gasteiger partial charge on any atom is -0.383 e. The van der Waals surface area contributed by atoms with Crippen molar-refractivity contribution in [2.24, 2.45) is 0 Å². The Kier molecular flexibility index (Phi) is 4.58. The quantitative estimate of drug-likeness (QED) is 0.839. The van der Waals surface area contributed by atoms with Gasteiger partial charge in [-0.3, -0.25) is 4.79 Å². The maximum atomic E-state index is 12.2. The zero-order valence-corrected chi connectivity index (χ0v) is 11.4. The molecule has 2 N–H and O–H groups in total. The number of carbonyl (C=O) groups excluding carboxylic acids is 1. The van der Waals surface area contributed by atoms with Gasteiger partial charge in [0.2, 0.25) is 0 Å². The van der Waals surface area contributed by atoms with Gasteiger partial charge < -0.3 is 15.0 Å². The molecule has 0 saturated heterocycles. The predicted molar refractivity (Wildman–Crippen MR) is 76.3 cm³/mol. The van der Waals surface area contributed by atoms with E-state index in [4.69, 9.17) is 4.74 Å². The number of ether oxygens (including phenoxy) is 1. The fourth-order valence-electron chi connectivity index (χ4n) is 2.21. The van der Waals surface area contributed by atoms with Gasteiger partial charge >= 0.3 is 0 Å². The fourth-order valence-corrected chi connectivity index (χ4v) is 2.21. The molecule has 1 unspecified atom stereocenters. The highest BCUT2D eigenvalue weighted by Crippen LogP contribution is 2.14. The summed E-state index contributed by atoms with van der Waals surface area (Å²) >= 11 is 0. The van der Waals surface area contributed by atoms with Crippen molar-refractivity contribution in [3.8, 4) is 0 Å². The number of H-pyrrole nitrogens is 1. The lowest BCUT2D eigenvalue weighted by atomic mass is 10.2. The predicted octanol–water partition coefficient (Wildman–Crippen LogP) is 2.71. The zero-order valence-electron chi connectivity index (χ0n) is 11.4. The molecule has 0 aliphatic rings. The van der Waals surface area contributed by atoms with E-state index in [0.29, 0.717) is 12.3 Å². The highest BCUT2D eigenvalue weighted by molar-refractivity contribution is 5.98. The van der Waals surface area contributed by atoms with Crippen LogP contribution in [0.3, 0.4) is 0 Å². The third kappa shape index (κ3) is 3.35. The van der Waals surface area contributed by atoms with Gasteiger partial charge in [-0.05, 0) is 18.6 Å². The maximum Gasteiger partial charge on any atom is 0.268 e. The summed E-state index contributed by atoms with van der Waals surface area (Å²) in [7, 11) is 1.65. The molecule has 1 aromatic carbocycles. The number of nitrogens with one attached hydrogen (secondary N) is 2. The van der Waals surface area contributed by atoms with Crippen molar-refractivity contribution >= 4 is 16.8 Å². The van der Waals surface area contributed by atoms with Crippen LogP contribution in [0, 0.1) is 0 Å². The number of aromatic amines is 1. The smallest absolute Gasteiger partial charge is 0.268 e. The second kappa shape index (κ2) is 6.38. The van der Waals surface area contributed by atoms with Gasteiger partial charge in [0, 0.05) is 18.0 Å². The van der Waals surface area contributed by atoms with Crippen molar-refractivity contribution in [2.45, 2.75) is 25.8 Å². The number of aromatic nitrogens is 1. The Hall–Kier alpha value is -1.81. The largest absolute Gasteiger partial charge is 0.383 e. The van der Waals surface area contributed by atoms with Crippen LogP contribution in [0.1, 0.15) is 30.3 Å². The average molecular weight is 260 g/mol. The molecule has 102 valence electrons. The van der Waals surface area contributed by atoms with Crippen LogP contribution >= 0.6 is 0 Å². The summed E-state index contributed by atoms with van der Waals surface area (Å²) in [5.41, 5.74) is 1.57. The summed E-state index contributed by atoms with van der Waals surface area (Å²) in [4.78, 5) is 15.3. The second-order valence-corrected chi connectivity index (χ2v) is 4.68. The van der Waals surface area contributed by atoms with Crippen molar-refractivity contribution < 1.29 is 9.53 Å². The SMILES string of the molecule is CCCC(COC)NC(=O)c1cc2ccccc2[nH]1. The van der Waals surface area contributed by atoms with Crippen LogP contribution in [0.25, 0.3) is 10.9 Å². The minimum absolute atomic E-state index is 0.0638. The standard InChI is InChI=1S/C15H20N2O2/c1-3-6-12(10-19-2)16-15(18)14-9-11-7-4-5-8-13(11)17-14/h4-5,7-9,12,17H,3,6,10H2,1-2H3,(H,16,18). The number of rotatable bonds is 6. The van der Waals surface area contributed by atoms with Crippen molar-refractivity contribution in [3.05, 3.63) is 36.0 Å². The summed E-state index contributed by atoms with van der Waals surface area (Å²) in [6.07, 6.45) is 1.93. The minimum atomic E-state index is -0.0771. The highest BCUT2D eigenvalue weighted by Gasteiger charge is 2.14. The van der Waals surface area contributed by atoms with E-state index in [0.717, 1.165) is 23.7 Å². The van der Waals surface area contributed by atoms with Gasteiger partial charge in [0.25, 0.3) is 5.91 Å². The molecule has 19 heavy (non-hydrogen) atoms. The average Bonchev–Trinajstić information content (AvgIpc) is 2.83. The molecule has 1 heterocycles. The first kappa shape index (κ1) is 13.6. The summed E-state index contributed by atoms with van der Waals surface area (Å²) in [5.74, 6) is -0.0771. The molecule has 0 saturated carbocycles. The highest BCUT2D eigenvalue weighted by atomic mass is 16.5. The Morgan fingerprint density at radius 1 is 1.42 bits per heavy atom. The van der Waals surface area contributed by atoms with Crippen LogP contribution in [0.5, 0.6) is 0 Å². The Morgan fingerprint density at radius 3 is 2.89 bits per heavy atom. The molecule has 0 aliphatic carbocycles. The Morgan fingerprint density at radius 2 is 2.21 bits per heavy atom. The van der Waals surface area contributed by atoms with Crippen molar-refractivity contribution in [1.82, 2.24) is 10.3 Å². The monoisotopic (exact) mass is 260 g/mol. The number of benzene rings is 1. The van der Waals surface area contributed by atoms with E-state index in [9.17, 15) is 4.79 Å². The number of carbonyl (C=O) groups is 1. The molecule has 0 bridgehead atoms.